The minimum atomic E-state index is -0.590. The monoisotopic (exact) mass is 417 g/mol. The lowest BCUT2D eigenvalue weighted by atomic mass is 10.1. The highest BCUT2D eigenvalue weighted by Gasteiger charge is 2.12. The molecule has 2 heterocycles. The van der Waals surface area contributed by atoms with E-state index in [2.05, 4.69) is 10.3 Å². The Morgan fingerprint density at radius 2 is 1.90 bits per heavy atom. The first kappa shape index (κ1) is 20.3. The average molecular weight is 417 g/mol. The van der Waals surface area contributed by atoms with Gasteiger partial charge < -0.3 is 10.1 Å². The number of nitrogens with one attached hydrogen (secondary N) is 1. The van der Waals surface area contributed by atoms with E-state index in [0.29, 0.717) is 22.8 Å². The Balaban J connectivity index is 1.53. The molecule has 2 aromatic carbocycles. The van der Waals surface area contributed by atoms with Crippen LogP contribution in [-0.4, -0.2) is 15.3 Å². The van der Waals surface area contributed by atoms with Crippen molar-refractivity contribution in [2.45, 2.75) is 20.5 Å². The average Bonchev–Trinajstić information content (AvgIpc) is 2.74. The maximum atomic E-state index is 13.8. The minimum absolute atomic E-state index is 0.0401. The fourth-order valence-electron chi connectivity index (χ4n) is 3.16. The minimum Gasteiger partial charge on any atom is -0.487 e. The first-order valence-corrected chi connectivity index (χ1v) is 9.69. The zero-order chi connectivity index (χ0) is 22.0. The molecule has 1 amide bonds. The van der Waals surface area contributed by atoms with E-state index in [4.69, 9.17) is 4.74 Å². The molecule has 6 nitrogen and oxygen atoms in total. The van der Waals surface area contributed by atoms with Crippen molar-refractivity contribution in [3.63, 3.8) is 0 Å². The summed E-state index contributed by atoms with van der Waals surface area (Å²) in [7, 11) is 0. The number of carbonyl (C=O) groups is 1. The molecule has 1 N–H and O–H groups in total. The standard InChI is InChI=1S/C24H20FN3O3/c1-15-9-10-28-22(11-15)26-18(13-23(28)29)14-31-21-12-17(8-7-16(21)2)27-24(30)19-5-3-4-6-20(19)25/h3-13H,14H2,1-2H3,(H,27,30). The van der Waals surface area contributed by atoms with Gasteiger partial charge in [0.25, 0.3) is 11.5 Å². The van der Waals surface area contributed by atoms with Crippen LogP contribution in [0.25, 0.3) is 5.65 Å². The first-order valence-electron chi connectivity index (χ1n) is 9.69. The molecular weight excluding hydrogens is 397 g/mol. The largest absolute Gasteiger partial charge is 0.487 e. The fraction of sp³-hybridized carbons (Fsp3) is 0.125. The number of pyridine rings is 1. The predicted molar refractivity (Wildman–Crippen MR) is 116 cm³/mol. The highest BCUT2D eigenvalue weighted by atomic mass is 19.1. The molecule has 0 bridgehead atoms. The van der Waals surface area contributed by atoms with E-state index in [-0.39, 0.29) is 17.7 Å². The molecule has 0 spiro atoms. The van der Waals surface area contributed by atoms with Crippen molar-refractivity contribution >= 4 is 17.2 Å². The van der Waals surface area contributed by atoms with Gasteiger partial charge in [-0.15, -0.1) is 0 Å². The number of fused-ring (bicyclic) bond motifs is 1. The number of nitrogens with zero attached hydrogens (tertiary/aromatic N) is 2. The molecule has 2 aromatic heterocycles. The van der Waals surface area contributed by atoms with Gasteiger partial charge in [0.15, 0.2) is 0 Å². The fourth-order valence-corrected chi connectivity index (χ4v) is 3.16. The summed E-state index contributed by atoms with van der Waals surface area (Å²) in [6.07, 6.45) is 1.69. The highest BCUT2D eigenvalue weighted by molar-refractivity contribution is 6.04. The maximum absolute atomic E-state index is 13.8. The molecule has 4 rings (SSSR count). The van der Waals surface area contributed by atoms with E-state index >= 15 is 0 Å². The number of rotatable bonds is 5. The quantitative estimate of drug-likeness (QED) is 0.526. The van der Waals surface area contributed by atoms with Crippen LogP contribution in [0.3, 0.4) is 0 Å². The van der Waals surface area contributed by atoms with E-state index in [1.165, 1.54) is 28.7 Å². The van der Waals surface area contributed by atoms with Crippen LogP contribution in [0.2, 0.25) is 0 Å². The van der Waals surface area contributed by atoms with Gasteiger partial charge in [-0.2, -0.15) is 0 Å². The predicted octanol–water partition coefficient (Wildman–Crippen LogP) is 4.28. The summed E-state index contributed by atoms with van der Waals surface area (Å²) in [5, 5.41) is 2.68. The summed E-state index contributed by atoms with van der Waals surface area (Å²) in [5.41, 5.74) is 3.13. The first-order chi connectivity index (χ1) is 14.9. The van der Waals surface area contributed by atoms with Crippen LogP contribution in [0.15, 0.2) is 71.7 Å². The van der Waals surface area contributed by atoms with Gasteiger partial charge in [-0.1, -0.05) is 18.2 Å². The Hall–Kier alpha value is -4.00. The second-order valence-electron chi connectivity index (χ2n) is 7.22. The second-order valence-corrected chi connectivity index (χ2v) is 7.22. The third kappa shape index (κ3) is 4.45. The number of carbonyl (C=O) groups excluding carboxylic acids is 1. The Morgan fingerprint density at radius 1 is 1.10 bits per heavy atom. The van der Waals surface area contributed by atoms with Gasteiger partial charge in [-0.3, -0.25) is 14.0 Å². The van der Waals surface area contributed by atoms with Crippen LogP contribution in [0.5, 0.6) is 5.75 Å². The lowest BCUT2D eigenvalue weighted by Crippen LogP contribution is -2.16. The van der Waals surface area contributed by atoms with Crippen molar-refractivity contribution in [1.29, 1.82) is 0 Å². The lowest BCUT2D eigenvalue weighted by molar-refractivity contribution is 0.102. The Labute approximate surface area is 178 Å². The van der Waals surface area contributed by atoms with Gasteiger partial charge >= 0.3 is 0 Å². The van der Waals surface area contributed by atoms with Crippen LogP contribution in [0.4, 0.5) is 10.1 Å². The van der Waals surface area contributed by atoms with Gasteiger partial charge in [-0.05, 0) is 55.3 Å². The Kier molecular flexibility index (Phi) is 5.49. The number of amides is 1. The van der Waals surface area contributed by atoms with Crippen LogP contribution in [-0.2, 0) is 6.61 Å². The molecule has 0 saturated heterocycles. The van der Waals surface area contributed by atoms with Crippen molar-refractivity contribution in [3.05, 3.63) is 105 Å². The second kappa shape index (κ2) is 8.39. The third-order valence-corrected chi connectivity index (χ3v) is 4.82. The molecule has 0 fully saturated rings. The lowest BCUT2D eigenvalue weighted by Gasteiger charge is -2.12. The molecule has 156 valence electrons. The Bertz CT molecular complexity index is 1350. The molecule has 7 heteroatoms. The summed E-state index contributed by atoms with van der Waals surface area (Å²) in [4.78, 5) is 29.2. The number of aryl methyl sites for hydroxylation is 2. The molecule has 0 aliphatic heterocycles. The summed E-state index contributed by atoms with van der Waals surface area (Å²) in [6, 6.07) is 16.0. The van der Waals surface area contributed by atoms with Crippen LogP contribution >= 0.6 is 0 Å². The van der Waals surface area contributed by atoms with E-state index in [0.717, 1.165) is 11.1 Å². The molecule has 4 aromatic rings. The zero-order valence-corrected chi connectivity index (χ0v) is 17.1. The van der Waals surface area contributed by atoms with Crippen molar-refractivity contribution in [2.75, 3.05) is 5.32 Å². The number of hydrogen-bond acceptors (Lipinski definition) is 4. The van der Waals surface area contributed by atoms with Crippen molar-refractivity contribution in [2.24, 2.45) is 0 Å². The van der Waals surface area contributed by atoms with Crippen LogP contribution < -0.4 is 15.6 Å². The molecule has 0 radical (unpaired) electrons. The maximum Gasteiger partial charge on any atom is 0.258 e. The number of ether oxygens (including phenoxy) is 1. The number of hydrogen-bond donors (Lipinski definition) is 1. The summed E-state index contributed by atoms with van der Waals surface area (Å²) < 4.78 is 21.2. The van der Waals surface area contributed by atoms with E-state index < -0.39 is 11.7 Å². The van der Waals surface area contributed by atoms with E-state index in [1.54, 1.807) is 30.5 Å². The number of halogens is 1. The van der Waals surface area contributed by atoms with Crippen LogP contribution in [0.1, 0.15) is 27.2 Å². The number of anilines is 1. The van der Waals surface area contributed by atoms with Crippen molar-refractivity contribution < 1.29 is 13.9 Å². The van der Waals surface area contributed by atoms with Gasteiger partial charge in [0.2, 0.25) is 0 Å². The normalized spacial score (nSPS) is 10.8. The molecule has 0 atom stereocenters. The van der Waals surface area contributed by atoms with Crippen molar-refractivity contribution in [3.8, 4) is 5.75 Å². The molecule has 0 saturated carbocycles. The number of aromatic nitrogens is 2. The van der Waals surface area contributed by atoms with E-state index in [9.17, 15) is 14.0 Å². The SMILES string of the molecule is Cc1ccn2c(=O)cc(COc3cc(NC(=O)c4ccccc4F)ccc3C)nc2c1. The zero-order valence-electron chi connectivity index (χ0n) is 17.1. The Morgan fingerprint density at radius 3 is 2.71 bits per heavy atom. The number of benzene rings is 2. The molecule has 0 unspecified atom stereocenters. The van der Waals surface area contributed by atoms with Crippen LogP contribution in [0, 0.1) is 19.7 Å². The molecular formula is C24H20FN3O3. The summed E-state index contributed by atoms with van der Waals surface area (Å²) >= 11 is 0. The van der Waals surface area contributed by atoms with E-state index in [1.807, 2.05) is 26.0 Å². The van der Waals surface area contributed by atoms with Gasteiger partial charge in [0, 0.05) is 24.0 Å². The molecule has 31 heavy (non-hydrogen) atoms. The molecule has 0 aliphatic carbocycles. The third-order valence-electron chi connectivity index (χ3n) is 4.82. The van der Waals surface area contributed by atoms with Gasteiger partial charge in [-0.25, -0.2) is 9.37 Å². The highest BCUT2D eigenvalue weighted by Crippen LogP contribution is 2.24. The van der Waals surface area contributed by atoms with Crippen molar-refractivity contribution in [1.82, 2.24) is 9.38 Å². The van der Waals surface area contributed by atoms with Gasteiger partial charge in [0.1, 0.15) is 23.8 Å². The topological polar surface area (TPSA) is 72.7 Å². The van der Waals surface area contributed by atoms with Gasteiger partial charge in [0.05, 0.1) is 11.3 Å². The smallest absolute Gasteiger partial charge is 0.258 e. The molecule has 0 aliphatic rings. The summed E-state index contributed by atoms with van der Waals surface area (Å²) in [5.74, 6) is -0.613. The summed E-state index contributed by atoms with van der Waals surface area (Å²) in [6.45, 7) is 3.88.